The highest BCUT2D eigenvalue weighted by atomic mass is 35.5. The summed E-state index contributed by atoms with van der Waals surface area (Å²) < 4.78 is 5.08. The van der Waals surface area contributed by atoms with Crippen LogP contribution in [0.4, 0.5) is 5.69 Å². The molecule has 0 spiro atoms. The molecule has 0 saturated carbocycles. The minimum Gasteiger partial charge on any atom is -0.383 e. The van der Waals surface area contributed by atoms with Gasteiger partial charge in [-0.3, -0.25) is 0 Å². The van der Waals surface area contributed by atoms with Crippen molar-refractivity contribution in [2.45, 2.75) is 32.7 Å². The number of methoxy groups -OCH3 is 1. The second-order valence-corrected chi connectivity index (χ2v) is 6.21. The standard InChI is InChI=1S/C17H27ClN2O/c1-3-5-14-8-10-20(13-14)17-15(6-4-7-16(17)18)12-19-9-11-21-2/h4,6-7,14,19H,3,5,8-13H2,1-2H3. The van der Waals surface area contributed by atoms with Crippen LogP contribution in [0.3, 0.4) is 0 Å². The van der Waals surface area contributed by atoms with Gasteiger partial charge in [0.25, 0.3) is 0 Å². The van der Waals surface area contributed by atoms with E-state index in [1.54, 1.807) is 7.11 Å². The van der Waals surface area contributed by atoms with E-state index in [1.165, 1.54) is 30.5 Å². The van der Waals surface area contributed by atoms with E-state index in [2.05, 4.69) is 23.2 Å². The summed E-state index contributed by atoms with van der Waals surface area (Å²) in [6.45, 7) is 6.97. The quantitative estimate of drug-likeness (QED) is 0.741. The zero-order valence-corrected chi connectivity index (χ0v) is 14.0. The van der Waals surface area contributed by atoms with Gasteiger partial charge in [-0.1, -0.05) is 37.1 Å². The highest BCUT2D eigenvalue weighted by Gasteiger charge is 2.24. The number of rotatable bonds is 8. The molecule has 1 aromatic carbocycles. The van der Waals surface area contributed by atoms with Crippen LogP contribution in [0.1, 0.15) is 31.7 Å². The SMILES string of the molecule is CCCC1CCN(c2c(Cl)cccc2CNCCOC)C1. The van der Waals surface area contributed by atoms with Crippen LogP contribution >= 0.6 is 11.6 Å². The molecule has 0 aliphatic carbocycles. The van der Waals surface area contributed by atoms with Gasteiger partial charge in [-0.25, -0.2) is 0 Å². The average Bonchev–Trinajstić information content (AvgIpc) is 2.92. The number of hydrogen-bond acceptors (Lipinski definition) is 3. The van der Waals surface area contributed by atoms with E-state index in [9.17, 15) is 0 Å². The van der Waals surface area contributed by atoms with E-state index < -0.39 is 0 Å². The molecular weight excluding hydrogens is 284 g/mol. The van der Waals surface area contributed by atoms with Gasteiger partial charge in [-0.15, -0.1) is 0 Å². The van der Waals surface area contributed by atoms with Gasteiger partial charge in [-0.2, -0.15) is 0 Å². The van der Waals surface area contributed by atoms with Gasteiger partial charge < -0.3 is 15.0 Å². The number of benzene rings is 1. The molecule has 1 aromatic rings. The van der Waals surface area contributed by atoms with Crippen molar-refractivity contribution in [3.63, 3.8) is 0 Å². The van der Waals surface area contributed by atoms with Gasteiger partial charge in [0, 0.05) is 33.3 Å². The molecule has 1 N–H and O–H groups in total. The predicted molar refractivity (Wildman–Crippen MR) is 90.3 cm³/mol. The molecule has 1 unspecified atom stereocenters. The van der Waals surface area contributed by atoms with E-state index in [0.29, 0.717) is 0 Å². The Morgan fingerprint density at radius 2 is 2.29 bits per heavy atom. The first kappa shape index (κ1) is 16.6. The summed E-state index contributed by atoms with van der Waals surface area (Å²) in [4.78, 5) is 2.47. The van der Waals surface area contributed by atoms with Gasteiger partial charge in [-0.05, 0) is 30.4 Å². The smallest absolute Gasteiger partial charge is 0.0642 e. The van der Waals surface area contributed by atoms with Crippen molar-refractivity contribution in [3.8, 4) is 0 Å². The van der Waals surface area contributed by atoms with Crippen LogP contribution in [0, 0.1) is 5.92 Å². The minimum absolute atomic E-state index is 0.734. The summed E-state index contributed by atoms with van der Waals surface area (Å²) in [5.74, 6) is 0.820. The maximum Gasteiger partial charge on any atom is 0.0642 e. The van der Waals surface area contributed by atoms with Crippen LogP contribution in [-0.2, 0) is 11.3 Å². The molecule has 21 heavy (non-hydrogen) atoms. The number of anilines is 1. The molecule has 1 aliphatic heterocycles. The Balaban J connectivity index is 2.04. The van der Waals surface area contributed by atoms with Crippen molar-refractivity contribution in [1.82, 2.24) is 5.32 Å². The molecule has 4 heteroatoms. The van der Waals surface area contributed by atoms with Crippen LogP contribution in [0.2, 0.25) is 5.02 Å². The maximum atomic E-state index is 6.48. The van der Waals surface area contributed by atoms with Crippen LogP contribution in [-0.4, -0.2) is 33.4 Å². The Kier molecular flexibility index (Phi) is 6.81. The zero-order valence-electron chi connectivity index (χ0n) is 13.2. The number of nitrogens with one attached hydrogen (secondary N) is 1. The van der Waals surface area contributed by atoms with Gasteiger partial charge in [0.05, 0.1) is 17.3 Å². The van der Waals surface area contributed by atoms with Crippen LogP contribution in [0.15, 0.2) is 18.2 Å². The van der Waals surface area contributed by atoms with Crippen molar-refractivity contribution in [2.24, 2.45) is 5.92 Å². The van der Waals surface area contributed by atoms with Crippen LogP contribution < -0.4 is 10.2 Å². The number of halogens is 1. The number of nitrogens with zero attached hydrogens (tertiary/aromatic N) is 1. The summed E-state index contributed by atoms with van der Waals surface area (Å²) >= 11 is 6.48. The largest absolute Gasteiger partial charge is 0.383 e. The molecule has 1 atom stereocenters. The summed E-state index contributed by atoms with van der Waals surface area (Å²) in [6, 6.07) is 6.22. The van der Waals surface area contributed by atoms with E-state index in [1.807, 2.05) is 12.1 Å². The molecule has 118 valence electrons. The Morgan fingerprint density at radius 3 is 3.05 bits per heavy atom. The van der Waals surface area contributed by atoms with Crippen molar-refractivity contribution in [1.29, 1.82) is 0 Å². The third kappa shape index (κ3) is 4.60. The van der Waals surface area contributed by atoms with Gasteiger partial charge >= 0.3 is 0 Å². The lowest BCUT2D eigenvalue weighted by atomic mass is 10.0. The molecule has 1 saturated heterocycles. The fraction of sp³-hybridized carbons (Fsp3) is 0.647. The summed E-state index contributed by atoms with van der Waals surface area (Å²) in [5, 5.41) is 4.29. The van der Waals surface area contributed by atoms with Gasteiger partial charge in [0.15, 0.2) is 0 Å². The molecule has 1 heterocycles. The molecule has 1 fully saturated rings. The normalized spacial score (nSPS) is 18.4. The third-order valence-electron chi connectivity index (χ3n) is 4.17. The van der Waals surface area contributed by atoms with Gasteiger partial charge in [0.2, 0.25) is 0 Å². The fourth-order valence-electron chi connectivity index (χ4n) is 3.13. The first-order chi connectivity index (χ1) is 10.3. The summed E-state index contributed by atoms with van der Waals surface area (Å²) in [5.41, 5.74) is 2.51. The summed E-state index contributed by atoms with van der Waals surface area (Å²) in [6.07, 6.45) is 3.88. The van der Waals surface area contributed by atoms with E-state index in [-0.39, 0.29) is 0 Å². The zero-order chi connectivity index (χ0) is 15.1. The van der Waals surface area contributed by atoms with E-state index >= 15 is 0 Å². The minimum atomic E-state index is 0.734. The summed E-state index contributed by atoms with van der Waals surface area (Å²) in [7, 11) is 1.73. The molecule has 3 nitrogen and oxygen atoms in total. The lowest BCUT2D eigenvalue weighted by Crippen LogP contribution is -2.24. The molecule has 0 radical (unpaired) electrons. The van der Waals surface area contributed by atoms with Crippen molar-refractivity contribution in [3.05, 3.63) is 28.8 Å². The topological polar surface area (TPSA) is 24.5 Å². The Hall–Kier alpha value is -0.770. The van der Waals surface area contributed by atoms with E-state index in [0.717, 1.165) is 43.7 Å². The highest BCUT2D eigenvalue weighted by Crippen LogP contribution is 2.34. The second-order valence-electron chi connectivity index (χ2n) is 5.81. The van der Waals surface area contributed by atoms with Gasteiger partial charge in [0.1, 0.15) is 0 Å². The molecule has 2 rings (SSSR count). The number of para-hydroxylation sites is 1. The molecular formula is C17H27ClN2O. The molecule has 0 bridgehead atoms. The first-order valence-electron chi connectivity index (χ1n) is 7.98. The monoisotopic (exact) mass is 310 g/mol. The molecule has 0 amide bonds. The van der Waals surface area contributed by atoms with Crippen molar-refractivity contribution < 1.29 is 4.74 Å². The predicted octanol–water partition coefficient (Wildman–Crippen LogP) is 3.70. The molecule has 1 aliphatic rings. The average molecular weight is 311 g/mol. The lowest BCUT2D eigenvalue weighted by Gasteiger charge is -2.24. The maximum absolute atomic E-state index is 6.48. The van der Waals surface area contributed by atoms with Crippen molar-refractivity contribution in [2.75, 3.05) is 38.3 Å². The first-order valence-corrected chi connectivity index (χ1v) is 8.36. The highest BCUT2D eigenvalue weighted by molar-refractivity contribution is 6.33. The van der Waals surface area contributed by atoms with Crippen LogP contribution in [0.5, 0.6) is 0 Å². The number of hydrogen-bond donors (Lipinski definition) is 1. The van der Waals surface area contributed by atoms with E-state index in [4.69, 9.17) is 16.3 Å². The Morgan fingerprint density at radius 1 is 1.43 bits per heavy atom. The molecule has 0 aromatic heterocycles. The second kappa shape index (κ2) is 8.62. The van der Waals surface area contributed by atoms with Crippen molar-refractivity contribution >= 4 is 17.3 Å². The Labute approximate surface area is 133 Å². The fourth-order valence-corrected chi connectivity index (χ4v) is 3.45. The number of ether oxygens (including phenoxy) is 1. The Bertz CT molecular complexity index is 439. The third-order valence-corrected chi connectivity index (χ3v) is 4.47. The lowest BCUT2D eigenvalue weighted by molar-refractivity contribution is 0.199. The van der Waals surface area contributed by atoms with Crippen LogP contribution in [0.25, 0.3) is 0 Å².